The first-order chi connectivity index (χ1) is 7.48. The summed E-state index contributed by atoms with van der Waals surface area (Å²) in [6.45, 7) is 5.09. The first-order valence-corrected chi connectivity index (χ1v) is 7.56. The Morgan fingerprint density at radius 3 is 2.50 bits per heavy atom. The average Bonchev–Trinajstić information content (AvgIpc) is 2.17. The summed E-state index contributed by atoms with van der Waals surface area (Å²) >= 11 is 0. The number of hydrogen-bond donors (Lipinski definition) is 1. The molecule has 0 spiro atoms. The Morgan fingerprint density at radius 1 is 1.38 bits per heavy atom. The van der Waals surface area contributed by atoms with Gasteiger partial charge in [-0.05, 0) is 26.7 Å². The van der Waals surface area contributed by atoms with E-state index in [2.05, 4.69) is 5.32 Å². The van der Waals surface area contributed by atoms with E-state index in [1.165, 1.54) is 0 Å². The highest BCUT2D eigenvalue weighted by Gasteiger charge is 2.26. The Morgan fingerprint density at radius 2 is 2.00 bits per heavy atom. The standard InChI is InChI=1S/C10H20N2O3S/c1-3-12(4-2)10(13)11-9-6-5-7-16(14,15)8-9/h9H,3-8H2,1-2H3,(H,11,13). The van der Waals surface area contributed by atoms with Gasteiger partial charge in [0.05, 0.1) is 11.5 Å². The van der Waals surface area contributed by atoms with Crippen LogP contribution in [0.25, 0.3) is 0 Å². The molecule has 6 heteroatoms. The van der Waals surface area contributed by atoms with Crippen molar-refractivity contribution >= 4 is 15.9 Å². The van der Waals surface area contributed by atoms with Gasteiger partial charge in [-0.2, -0.15) is 0 Å². The zero-order chi connectivity index (χ0) is 12.2. The molecule has 1 aliphatic rings. The first-order valence-electron chi connectivity index (χ1n) is 5.74. The Labute approximate surface area is 97.1 Å². The van der Waals surface area contributed by atoms with Gasteiger partial charge in [-0.15, -0.1) is 0 Å². The van der Waals surface area contributed by atoms with E-state index in [-0.39, 0.29) is 23.6 Å². The van der Waals surface area contributed by atoms with Crippen LogP contribution in [0.5, 0.6) is 0 Å². The third kappa shape index (κ3) is 3.66. The Bertz CT molecular complexity index is 336. The molecule has 1 atom stereocenters. The summed E-state index contributed by atoms with van der Waals surface area (Å²) in [5.41, 5.74) is 0. The summed E-state index contributed by atoms with van der Waals surface area (Å²) in [4.78, 5) is 13.4. The maximum absolute atomic E-state index is 11.7. The van der Waals surface area contributed by atoms with Crippen molar-refractivity contribution in [2.24, 2.45) is 0 Å². The SMILES string of the molecule is CCN(CC)C(=O)NC1CCCS(=O)(=O)C1. The number of nitrogens with one attached hydrogen (secondary N) is 1. The van der Waals surface area contributed by atoms with Crippen LogP contribution in [-0.2, 0) is 9.84 Å². The molecule has 0 saturated carbocycles. The lowest BCUT2D eigenvalue weighted by Crippen LogP contribution is -2.48. The molecule has 2 amide bonds. The summed E-state index contributed by atoms with van der Waals surface area (Å²) in [6, 6.07) is -0.376. The molecule has 1 unspecified atom stereocenters. The molecule has 5 nitrogen and oxygen atoms in total. The van der Waals surface area contributed by atoms with Crippen LogP contribution in [0.15, 0.2) is 0 Å². The van der Waals surface area contributed by atoms with Gasteiger partial charge in [0.2, 0.25) is 0 Å². The van der Waals surface area contributed by atoms with Crippen molar-refractivity contribution in [1.29, 1.82) is 0 Å². The number of nitrogens with zero attached hydrogens (tertiary/aromatic N) is 1. The minimum absolute atomic E-state index is 0.0833. The van der Waals surface area contributed by atoms with Crippen LogP contribution in [0.3, 0.4) is 0 Å². The second-order valence-electron chi connectivity index (χ2n) is 4.08. The van der Waals surface area contributed by atoms with Gasteiger partial charge in [0.15, 0.2) is 9.84 Å². The summed E-state index contributed by atoms with van der Waals surface area (Å²) < 4.78 is 22.8. The lowest BCUT2D eigenvalue weighted by atomic mass is 10.2. The van der Waals surface area contributed by atoms with Gasteiger partial charge in [0.25, 0.3) is 0 Å². The molecule has 1 fully saturated rings. The number of carbonyl (C=O) groups excluding carboxylic acids is 1. The first kappa shape index (κ1) is 13.3. The van der Waals surface area contributed by atoms with Gasteiger partial charge in [0.1, 0.15) is 0 Å². The van der Waals surface area contributed by atoms with Crippen molar-refractivity contribution in [3.63, 3.8) is 0 Å². The molecule has 0 aromatic rings. The maximum atomic E-state index is 11.7. The van der Waals surface area contributed by atoms with Crippen LogP contribution in [0, 0.1) is 0 Å². The normalized spacial score (nSPS) is 23.8. The number of carbonyl (C=O) groups is 1. The third-order valence-electron chi connectivity index (χ3n) is 2.84. The van der Waals surface area contributed by atoms with E-state index < -0.39 is 9.84 Å². The molecule has 1 aliphatic heterocycles. The van der Waals surface area contributed by atoms with E-state index in [0.717, 1.165) is 6.42 Å². The highest BCUT2D eigenvalue weighted by atomic mass is 32.2. The monoisotopic (exact) mass is 248 g/mol. The summed E-state index contributed by atoms with van der Waals surface area (Å²) in [7, 11) is -2.95. The second kappa shape index (κ2) is 5.52. The van der Waals surface area contributed by atoms with Crippen molar-refractivity contribution < 1.29 is 13.2 Å². The predicted molar refractivity (Wildman–Crippen MR) is 63.1 cm³/mol. The van der Waals surface area contributed by atoms with Gasteiger partial charge in [-0.25, -0.2) is 13.2 Å². The van der Waals surface area contributed by atoms with Gasteiger partial charge < -0.3 is 10.2 Å². The summed E-state index contributed by atoms with van der Waals surface area (Å²) in [5.74, 6) is 0.338. The molecule has 1 rings (SSSR count). The fourth-order valence-electron chi connectivity index (χ4n) is 1.91. The zero-order valence-electron chi connectivity index (χ0n) is 9.90. The number of rotatable bonds is 3. The number of sulfone groups is 1. The van der Waals surface area contributed by atoms with Crippen LogP contribution in [-0.4, -0.2) is 50.0 Å². The lowest BCUT2D eigenvalue weighted by Gasteiger charge is -2.26. The molecule has 16 heavy (non-hydrogen) atoms. The van der Waals surface area contributed by atoms with Crippen LogP contribution >= 0.6 is 0 Å². The highest BCUT2D eigenvalue weighted by Crippen LogP contribution is 2.12. The quantitative estimate of drug-likeness (QED) is 0.796. The molecule has 1 saturated heterocycles. The van der Waals surface area contributed by atoms with E-state index in [4.69, 9.17) is 0 Å². The van der Waals surface area contributed by atoms with Gasteiger partial charge in [-0.1, -0.05) is 0 Å². The molecule has 94 valence electrons. The van der Waals surface area contributed by atoms with Crippen molar-refractivity contribution in [3.05, 3.63) is 0 Å². The predicted octanol–water partition coefficient (Wildman–Crippen LogP) is 0.615. The van der Waals surface area contributed by atoms with Crippen molar-refractivity contribution in [1.82, 2.24) is 10.2 Å². The van der Waals surface area contributed by atoms with Crippen molar-refractivity contribution in [2.75, 3.05) is 24.6 Å². The largest absolute Gasteiger partial charge is 0.334 e. The molecule has 0 bridgehead atoms. The molecule has 0 aromatic carbocycles. The van der Waals surface area contributed by atoms with Crippen molar-refractivity contribution in [3.8, 4) is 0 Å². The minimum Gasteiger partial charge on any atom is -0.334 e. The third-order valence-corrected chi connectivity index (χ3v) is 4.66. The molecular formula is C10H20N2O3S. The van der Waals surface area contributed by atoms with Gasteiger partial charge in [-0.3, -0.25) is 0 Å². The molecule has 0 aliphatic carbocycles. The Balaban J connectivity index is 2.51. The fourth-order valence-corrected chi connectivity index (χ4v) is 3.55. The van der Waals surface area contributed by atoms with E-state index in [1.54, 1.807) is 4.90 Å². The van der Waals surface area contributed by atoms with Crippen LogP contribution in [0.1, 0.15) is 26.7 Å². The van der Waals surface area contributed by atoms with Crippen LogP contribution in [0.2, 0.25) is 0 Å². The van der Waals surface area contributed by atoms with E-state index in [0.29, 0.717) is 19.5 Å². The summed E-state index contributed by atoms with van der Waals surface area (Å²) in [5, 5.41) is 2.78. The molecular weight excluding hydrogens is 228 g/mol. The molecule has 1 heterocycles. The smallest absolute Gasteiger partial charge is 0.317 e. The number of urea groups is 1. The second-order valence-corrected chi connectivity index (χ2v) is 6.30. The van der Waals surface area contributed by atoms with E-state index in [1.807, 2.05) is 13.8 Å². The number of amides is 2. The molecule has 0 radical (unpaired) electrons. The lowest BCUT2D eigenvalue weighted by molar-refractivity contribution is 0.199. The molecule has 1 N–H and O–H groups in total. The fraction of sp³-hybridized carbons (Fsp3) is 0.900. The Hall–Kier alpha value is -0.780. The van der Waals surface area contributed by atoms with Crippen molar-refractivity contribution in [2.45, 2.75) is 32.7 Å². The van der Waals surface area contributed by atoms with E-state index in [9.17, 15) is 13.2 Å². The van der Waals surface area contributed by atoms with Crippen LogP contribution in [0.4, 0.5) is 4.79 Å². The minimum atomic E-state index is -2.95. The number of hydrogen-bond acceptors (Lipinski definition) is 3. The van der Waals surface area contributed by atoms with Crippen LogP contribution < -0.4 is 5.32 Å². The maximum Gasteiger partial charge on any atom is 0.317 e. The summed E-state index contributed by atoms with van der Waals surface area (Å²) in [6.07, 6.45) is 1.40. The zero-order valence-corrected chi connectivity index (χ0v) is 10.7. The van der Waals surface area contributed by atoms with Gasteiger partial charge >= 0.3 is 6.03 Å². The average molecular weight is 248 g/mol. The van der Waals surface area contributed by atoms with E-state index >= 15 is 0 Å². The highest BCUT2D eigenvalue weighted by molar-refractivity contribution is 7.91. The molecule has 0 aromatic heterocycles. The van der Waals surface area contributed by atoms with Gasteiger partial charge in [0, 0.05) is 19.1 Å². The Kier molecular flexibility index (Phi) is 4.58. The topological polar surface area (TPSA) is 66.5 Å².